The highest BCUT2D eigenvalue weighted by Gasteiger charge is 2.35. The molecular formula is C23H27N3O3. The fraction of sp³-hybridized carbons (Fsp3) is 0.391. The molecule has 1 N–H and O–H groups in total. The first-order chi connectivity index (χ1) is 13.8. The molecule has 0 spiro atoms. The van der Waals surface area contributed by atoms with Crippen molar-refractivity contribution in [2.75, 3.05) is 34.8 Å². The molecular weight excluding hydrogens is 366 g/mol. The number of fused-ring (bicyclic) bond motifs is 2. The molecule has 1 atom stereocenters. The average Bonchev–Trinajstić information content (AvgIpc) is 2.71. The third kappa shape index (κ3) is 3.43. The lowest BCUT2D eigenvalue weighted by Gasteiger charge is -2.44. The molecule has 0 bridgehead atoms. The summed E-state index contributed by atoms with van der Waals surface area (Å²) in [6, 6.07) is 13.1. The highest BCUT2D eigenvalue weighted by atomic mass is 16.5. The van der Waals surface area contributed by atoms with Gasteiger partial charge in [0, 0.05) is 24.2 Å². The Kier molecular flexibility index (Phi) is 4.73. The van der Waals surface area contributed by atoms with Crippen LogP contribution in [0.4, 0.5) is 17.1 Å². The number of ketones is 1. The molecule has 0 aliphatic carbocycles. The van der Waals surface area contributed by atoms with E-state index < -0.39 is 0 Å². The van der Waals surface area contributed by atoms with E-state index in [9.17, 15) is 9.59 Å². The molecule has 2 aromatic rings. The first-order valence-corrected chi connectivity index (χ1v) is 10.1. The van der Waals surface area contributed by atoms with Gasteiger partial charge >= 0.3 is 0 Å². The van der Waals surface area contributed by atoms with E-state index in [1.165, 1.54) is 0 Å². The molecule has 0 radical (unpaired) electrons. The van der Waals surface area contributed by atoms with Crippen LogP contribution in [0.3, 0.4) is 0 Å². The minimum Gasteiger partial charge on any atom is -0.482 e. The molecule has 2 aromatic carbocycles. The summed E-state index contributed by atoms with van der Waals surface area (Å²) in [5.41, 5.74) is 3.16. The summed E-state index contributed by atoms with van der Waals surface area (Å²) in [7, 11) is 0. The van der Waals surface area contributed by atoms with E-state index in [0.29, 0.717) is 30.1 Å². The van der Waals surface area contributed by atoms with Crippen molar-refractivity contribution in [3.63, 3.8) is 0 Å². The molecule has 4 rings (SSSR count). The average molecular weight is 393 g/mol. The molecule has 0 fully saturated rings. The van der Waals surface area contributed by atoms with Gasteiger partial charge in [0.25, 0.3) is 5.91 Å². The Bertz CT molecular complexity index is 970. The van der Waals surface area contributed by atoms with E-state index in [1.54, 1.807) is 23.1 Å². The van der Waals surface area contributed by atoms with Crippen molar-refractivity contribution in [2.24, 2.45) is 0 Å². The van der Waals surface area contributed by atoms with E-state index >= 15 is 0 Å². The Balaban J connectivity index is 1.67. The molecule has 0 aromatic heterocycles. The van der Waals surface area contributed by atoms with Crippen molar-refractivity contribution < 1.29 is 14.3 Å². The molecule has 2 aliphatic heterocycles. The maximum absolute atomic E-state index is 13.4. The van der Waals surface area contributed by atoms with Crippen molar-refractivity contribution >= 4 is 28.8 Å². The Labute approximate surface area is 171 Å². The fourth-order valence-electron chi connectivity index (χ4n) is 4.18. The number of hydrogen-bond donors (Lipinski definition) is 1. The van der Waals surface area contributed by atoms with Crippen LogP contribution in [-0.2, 0) is 4.79 Å². The molecule has 1 amide bonds. The van der Waals surface area contributed by atoms with Crippen LogP contribution in [0.5, 0.6) is 5.75 Å². The van der Waals surface area contributed by atoms with Crippen LogP contribution in [-0.4, -0.2) is 43.0 Å². The standard InChI is InChI=1S/C23H27N3O3/c1-5-25-19-12-16(10-11-20(19)29-13-21(25)27)22(28)15(2)26-14-23(3,4)24-17-8-6-7-9-18(17)26/h6-12,15,24H,5,13-14H2,1-4H3. The number of ether oxygens (including phenoxy) is 1. The second-order valence-electron chi connectivity index (χ2n) is 8.30. The third-order valence-corrected chi connectivity index (χ3v) is 5.60. The number of nitrogens with zero attached hydrogens (tertiary/aromatic N) is 2. The molecule has 0 saturated carbocycles. The number of nitrogens with one attached hydrogen (secondary N) is 1. The van der Waals surface area contributed by atoms with Gasteiger partial charge < -0.3 is 19.9 Å². The number of carbonyl (C=O) groups excluding carboxylic acids is 2. The second kappa shape index (κ2) is 7.10. The van der Waals surface area contributed by atoms with Gasteiger partial charge in [0.2, 0.25) is 0 Å². The zero-order valence-electron chi connectivity index (χ0n) is 17.4. The van der Waals surface area contributed by atoms with Gasteiger partial charge in [-0.25, -0.2) is 0 Å². The number of carbonyl (C=O) groups is 2. The number of benzene rings is 2. The number of hydrogen-bond acceptors (Lipinski definition) is 5. The Morgan fingerprint density at radius 2 is 1.97 bits per heavy atom. The monoisotopic (exact) mass is 393 g/mol. The molecule has 6 heteroatoms. The quantitative estimate of drug-likeness (QED) is 0.803. The Hall–Kier alpha value is -3.02. The molecule has 2 aliphatic rings. The molecule has 1 unspecified atom stereocenters. The predicted molar refractivity (Wildman–Crippen MR) is 115 cm³/mol. The van der Waals surface area contributed by atoms with Crippen molar-refractivity contribution in [1.82, 2.24) is 0 Å². The lowest BCUT2D eigenvalue weighted by molar-refractivity contribution is -0.121. The van der Waals surface area contributed by atoms with Gasteiger partial charge in [0.05, 0.1) is 23.1 Å². The Morgan fingerprint density at radius 1 is 1.21 bits per heavy atom. The summed E-state index contributed by atoms with van der Waals surface area (Å²) < 4.78 is 5.53. The van der Waals surface area contributed by atoms with Gasteiger partial charge in [-0.1, -0.05) is 12.1 Å². The third-order valence-electron chi connectivity index (χ3n) is 5.60. The molecule has 152 valence electrons. The van der Waals surface area contributed by atoms with Gasteiger partial charge in [-0.05, 0) is 58.0 Å². The summed E-state index contributed by atoms with van der Waals surface area (Å²) >= 11 is 0. The molecule has 2 heterocycles. The number of para-hydroxylation sites is 2. The van der Waals surface area contributed by atoms with Gasteiger partial charge in [0.1, 0.15) is 5.75 Å². The van der Waals surface area contributed by atoms with E-state index in [2.05, 4.69) is 24.1 Å². The maximum atomic E-state index is 13.4. The highest BCUT2D eigenvalue weighted by molar-refractivity contribution is 6.05. The lowest BCUT2D eigenvalue weighted by Crippen LogP contribution is -2.53. The first kappa shape index (κ1) is 19.3. The van der Waals surface area contributed by atoms with Crippen LogP contribution in [0.1, 0.15) is 38.1 Å². The normalized spacial score (nSPS) is 18.3. The largest absolute Gasteiger partial charge is 0.482 e. The van der Waals surface area contributed by atoms with Crippen LogP contribution in [0.2, 0.25) is 0 Å². The van der Waals surface area contributed by atoms with Gasteiger partial charge in [-0.2, -0.15) is 0 Å². The second-order valence-corrected chi connectivity index (χ2v) is 8.30. The van der Waals surface area contributed by atoms with Crippen molar-refractivity contribution in [3.05, 3.63) is 48.0 Å². The fourth-order valence-corrected chi connectivity index (χ4v) is 4.18. The number of anilines is 3. The first-order valence-electron chi connectivity index (χ1n) is 10.1. The van der Waals surface area contributed by atoms with Crippen LogP contribution in [0.15, 0.2) is 42.5 Å². The summed E-state index contributed by atoms with van der Waals surface area (Å²) in [6.45, 7) is 9.43. The zero-order valence-corrected chi connectivity index (χ0v) is 17.4. The predicted octanol–water partition coefficient (Wildman–Crippen LogP) is 3.71. The number of rotatable bonds is 4. The van der Waals surface area contributed by atoms with Gasteiger partial charge in [-0.15, -0.1) is 0 Å². The number of Topliss-reactive ketones (excluding diaryl/α,β-unsaturated/α-hetero) is 1. The molecule has 0 saturated heterocycles. The highest BCUT2D eigenvalue weighted by Crippen LogP contribution is 2.37. The Morgan fingerprint density at radius 3 is 2.72 bits per heavy atom. The zero-order chi connectivity index (χ0) is 20.8. The minimum absolute atomic E-state index is 0.0226. The van der Waals surface area contributed by atoms with Crippen molar-refractivity contribution in [2.45, 2.75) is 39.3 Å². The lowest BCUT2D eigenvalue weighted by atomic mass is 9.95. The van der Waals surface area contributed by atoms with E-state index in [1.807, 2.05) is 38.1 Å². The van der Waals surface area contributed by atoms with Crippen molar-refractivity contribution in [3.8, 4) is 5.75 Å². The van der Waals surface area contributed by atoms with Crippen molar-refractivity contribution in [1.29, 1.82) is 0 Å². The SMILES string of the molecule is CCN1C(=O)COc2ccc(C(=O)C(C)N3CC(C)(C)Nc4ccccc43)cc21. The summed E-state index contributed by atoms with van der Waals surface area (Å²) in [5, 5.41) is 3.55. The summed E-state index contributed by atoms with van der Waals surface area (Å²) in [5.74, 6) is 0.578. The van der Waals surface area contributed by atoms with Gasteiger partial charge in [-0.3, -0.25) is 9.59 Å². The maximum Gasteiger partial charge on any atom is 0.265 e. The molecule has 6 nitrogen and oxygen atoms in total. The van der Waals surface area contributed by atoms with E-state index in [4.69, 9.17) is 4.74 Å². The molecule has 29 heavy (non-hydrogen) atoms. The van der Waals surface area contributed by atoms with E-state index in [0.717, 1.165) is 11.4 Å². The van der Waals surface area contributed by atoms with Crippen LogP contribution < -0.4 is 19.9 Å². The minimum atomic E-state index is -0.342. The smallest absolute Gasteiger partial charge is 0.265 e. The summed E-state index contributed by atoms with van der Waals surface area (Å²) in [4.78, 5) is 29.4. The van der Waals surface area contributed by atoms with Crippen LogP contribution in [0.25, 0.3) is 0 Å². The van der Waals surface area contributed by atoms with Crippen LogP contribution in [0, 0.1) is 0 Å². The number of amides is 1. The topological polar surface area (TPSA) is 61.9 Å². The van der Waals surface area contributed by atoms with Gasteiger partial charge in [0.15, 0.2) is 12.4 Å². The number of likely N-dealkylation sites (N-methyl/N-ethyl adjacent to an activating group) is 1. The van der Waals surface area contributed by atoms with Crippen LogP contribution >= 0.6 is 0 Å². The summed E-state index contributed by atoms with van der Waals surface area (Å²) in [6.07, 6.45) is 0. The van der Waals surface area contributed by atoms with E-state index in [-0.39, 0.29) is 29.9 Å².